The van der Waals surface area contributed by atoms with Gasteiger partial charge in [-0.25, -0.2) is 0 Å². The molecule has 0 aromatic heterocycles. The van der Waals surface area contributed by atoms with Gasteiger partial charge in [-0.1, -0.05) is 26.2 Å². The second kappa shape index (κ2) is 5.60. The van der Waals surface area contributed by atoms with Crippen molar-refractivity contribution in [3.8, 4) is 0 Å². The van der Waals surface area contributed by atoms with Crippen LogP contribution in [0.25, 0.3) is 0 Å². The van der Waals surface area contributed by atoms with Crippen molar-refractivity contribution in [3.63, 3.8) is 0 Å². The van der Waals surface area contributed by atoms with E-state index in [1.165, 1.54) is 32.1 Å². The van der Waals surface area contributed by atoms with Crippen LogP contribution in [0.1, 0.15) is 65.7 Å². The first kappa shape index (κ1) is 13.9. The highest BCUT2D eigenvalue weighted by atomic mass is 16.2. The van der Waals surface area contributed by atoms with Crippen molar-refractivity contribution >= 4 is 5.91 Å². The number of hydrogen-bond acceptors (Lipinski definition) is 2. The molecule has 2 fully saturated rings. The number of likely N-dealkylation sites (tertiary alicyclic amines) is 1. The monoisotopic (exact) mass is 252 g/mol. The van der Waals surface area contributed by atoms with Crippen LogP contribution in [0.15, 0.2) is 0 Å². The van der Waals surface area contributed by atoms with Crippen molar-refractivity contribution < 1.29 is 4.79 Å². The maximum Gasteiger partial charge on any atom is 0.237 e. The number of nitrogens with one attached hydrogen (secondary N) is 1. The molecule has 2 rings (SSSR count). The Kier molecular flexibility index (Phi) is 4.31. The molecule has 0 spiro atoms. The Morgan fingerprint density at radius 2 is 1.89 bits per heavy atom. The zero-order valence-electron chi connectivity index (χ0n) is 12.2. The second-order valence-electron chi connectivity index (χ2n) is 6.50. The molecule has 2 aliphatic rings. The molecule has 1 aliphatic heterocycles. The van der Waals surface area contributed by atoms with Gasteiger partial charge < -0.3 is 5.32 Å². The zero-order chi connectivity index (χ0) is 13.2. The van der Waals surface area contributed by atoms with Gasteiger partial charge in [0.25, 0.3) is 0 Å². The molecule has 1 N–H and O–H groups in total. The Labute approximate surface area is 111 Å². The van der Waals surface area contributed by atoms with E-state index in [9.17, 15) is 4.79 Å². The molecule has 1 atom stereocenters. The SMILES string of the molecule is CCN1[C@@H](C(=O)NC2CCCCC2)CCC1(C)C. The summed E-state index contributed by atoms with van der Waals surface area (Å²) < 4.78 is 0. The van der Waals surface area contributed by atoms with Crippen molar-refractivity contribution in [3.05, 3.63) is 0 Å². The largest absolute Gasteiger partial charge is 0.352 e. The lowest BCUT2D eigenvalue weighted by molar-refractivity contribution is -0.127. The summed E-state index contributed by atoms with van der Waals surface area (Å²) in [6.45, 7) is 7.64. The first-order valence-corrected chi connectivity index (χ1v) is 7.61. The van der Waals surface area contributed by atoms with E-state index in [2.05, 4.69) is 31.0 Å². The van der Waals surface area contributed by atoms with E-state index >= 15 is 0 Å². The van der Waals surface area contributed by atoms with E-state index in [0.717, 1.165) is 19.4 Å². The van der Waals surface area contributed by atoms with Crippen molar-refractivity contribution in [2.75, 3.05) is 6.54 Å². The lowest BCUT2D eigenvalue weighted by atomic mass is 9.95. The van der Waals surface area contributed by atoms with Gasteiger partial charge >= 0.3 is 0 Å². The maximum absolute atomic E-state index is 12.4. The third-order valence-corrected chi connectivity index (χ3v) is 4.78. The summed E-state index contributed by atoms with van der Waals surface area (Å²) >= 11 is 0. The van der Waals surface area contributed by atoms with Crippen molar-refractivity contribution in [2.24, 2.45) is 0 Å². The van der Waals surface area contributed by atoms with Gasteiger partial charge in [0.15, 0.2) is 0 Å². The van der Waals surface area contributed by atoms with Gasteiger partial charge in [-0.2, -0.15) is 0 Å². The van der Waals surface area contributed by atoms with Crippen LogP contribution in [0, 0.1) is 0 Å². The van der Waals surface area contributed by atoms with Gasteiger partial charge in [-0.15, -0.1) is 0 Å². The predicted molar refractivity (Wildman–Crippen MR) is 74.5 cm³/mol. The zero-order valence-corrected chi connectivity index (χ0v) is 12.2. The van der Waals surface area contributed by atoms with Crippen LogP contribution >= 0.6 is 0 Å². The van der Waals surface area contributed by atoms with E-state index in [4.69, 9.17) is 0 Å². The summed E-state index contributed by atoms with van der Waals surface area (Å²) in [6.07, 6.45) is 8.38. The molecular formula is C15H28N2O. The van der Waals surface area contributed by atoms with Crippen LogP contribution < -0.4 is 5.32 Å². The van der Waals surface area contributed by atoms with Crippen LogP contribution in [0.4, 0.5) is 0 Å². The third-order valence-electron chi connectivity index (χ3n) is 4.78. The number of carbonyl (C=O) groups is 1. The third kappa shape index (κ3) is 2.87. The topological polar surface area (TPSA) is 32.3 Å². The minimum atomic E-state index is 0.104. The number of rotatable bonds is 3. The molecule has 104 valence electrons. The summed E-state index contributed by atoms with van der Waals surface area (Å²) in [7, 11) is 0. The van der Waals surface area contributed by atoms with Crippen LogP contribution in [-0.4, -0.2) is 35.0 Å². The lowest BCUT2D eigenvalue weighted by Gasteiger charge is -2.35. The quantitative estimate of drug-likeness (QED) is 0.837. The van der Waals surface area contributed by atoms with Crippen LogP contribution in [0.2, 0.25) is 0 Å². The lowest BCUT2D eigenvalue weighted by Crippen LogP contribution is -2.51. The van der Waals surface area contributed by atoms with Crippen LogP contribution in [0.3, 0.4) is 0 Å². The summed E-state index contributed by atoms with van der Waals surface area (Å²) in [4.78, 5) is 14.8. The van der Waals surface area contributed by atoms with Gasteiger partial charge in [-0.3, -0.25) is 9.69 Å². The summed E-state index contributed by atoms with van der Waals surface area (Å²) in [6, 6.07) is 0.542. The highest BCUT2D eigenvalue weighted by molar-refractivity contribution is 5.82. The van der Waals surface area contributed by atoms with Gasteiger partial charge in [0, 0.05) is 11.6 Å². The first-order chi connectivity index (χ1) is 8.54. The predicted octanol–water partition coefficient (Wildman–Crippen LogP) is 2.70. The van der Waals surface area contributed by atoms with Gasteiger partial charge in [0.2, 0.25) is 5.91 Å². The van der Waals surface area contributed by atoms with E-state index < -0.39 is 0 Å². The molecule has 18 heavy (non-hydrogen) atoms. The number of hydrogen-bond donors (Lipinski definition) is 1. The molecule has 0 radical (unpaired) electrons. The Morgan fingerprint density at radius 3 is 2.50 bits per heavy atom. The number of amides is 1. The summed E-state index contributed by atoms with van der Waals surface area (Å²) in [5, 5.41) is 3.28. The van der Waals surface area contributed by atoms with E-state index in [0.29, 0.717) is 6.04 Å². The molecular weight excluding hydrogens is 224 g/mol. The van der Waals surface area contributed by atoms with Crippen LogP contribution in [0.5, 0.6) is 0 Å². The molecule has 1 amide bonds. The fourth-order valence-corrected chi connectivity index (χ4v) is 3.68. The van der Waals surface area contributed by atoms with Crippen molar-refractivity contribution in [1.82, 2.24) is 10.2 Å². The molecule has 0 unspecified atom stereocenters. The smallest absolute Gasteiger partial charge is 0.237 e. The number of carbonyl (C=O) groups excluding carboxylic acids is 1. The highest BCUT2D eigenvalue weighted by Crippen LogP contribution is 2.33. The minimum absolute atomic E-state index is 0.104. The van der Waals surface area contributed by atoms with Gasteiger partial charge in [0.1, 0.15) is 0 Å². The fraction of sp³-hybridized carbons (Fsp3) is 0.933. The molecule has 3 heteroatoms. The molecule has 1 saturated heterocycles. The number of likely N-dealkylation sites (N-methyl/N-ethyl adjacent to an activating group) is 1. The second-order valence-corrected chi connectivity index (χ2v) is 6.50. The Bertz CT molecular complexity index is 295. The van der Waals surface area contributed by atoms with Crippen molar-refractivity contribution in [2.45, 2.75) is 83.3 Å². The Hall–Kier alpha value is -0.570. The normalized spacial score (nSPS) is 29.4. The van der Waals surface area contributed by atoms with E-state index in [1.807, 2.05) is 0 Å². The van der Waals surface area contributed by atoms with Gasteiger partial charge in [-0.05, 0) is 46.1 Å². The Morgan fingerprint density at radius 1 is 1.22 bits per heavy atom. The molecule has 1 aliphatic carbocycles. The molecule has 0 bridgehead atoms. The average Bonchev–Trinajstić information content (AvgIpc) is 2.65. The standard InChI is InChI=1S/C15H28N2O/c1-4-17-13(10-11-15(17,2)3)14(18)16-12-8-6-5-7-9-12/h12-13H,4-11H2,1-3H3,(H,16,18)/t13-/m1/s1. The summed E-state index contributed by atoms with van der Waals surface area (Å²) in [5.41, 5.74) is 0.184. The van der Waals surface area contributed by atoms with E-state index in [1.54, 1.807) is 0 Å². The molecule has 0 aromatic carbocycles. The minimum Gasteiger partial charge on any atom is -0.352 e. The van der Waals surface area contributed by atoms with Crippen LogP contribution in [-0.2, 0) is 4.79 Å². The van der Waals surface area contributed by atoms with Crippen molar-refractivity contribution in [1.29, 1.82) is 0 Å². The molecule has 1 heterocycles. The first-order valence-electron chi connectivity index (χ1n) is 7.61. The Balaban J connectivity index is 1.92. The molecule has 1 saturated carbocycles. The van der Waals surface area contributed by atoms with Gasteiger partial charge in [0.05, 0.1) is 6.04 Å². The van der Waals surface area contributed by atoms with E-state index in [-0.39, 0.29) is 17.5 Å². The summed E-state index contributed by atoms with van der Waals surface area (Å²) in [5.74, 6) is 0.273. The molecule has 3 nitrogen and oxygen atoms in total. The average molecular weight is 252 g/mol. The highest BCUT2D eigenvalue weighted by Gasteiger charge is 2.42. The maximum atomic E-state index is 12.4. The molecule has 0 aromatic rings. The number of nitrogens with zero attached hydrogens (tertiary/aromatic N) is 1. The fourth-order valence-electron chi connectivity index (χ4n) is 3.68.